The summed E-state index contributed by atoms with van der Waals surface area (Å²) in [4.78, 5) is 21.0. The number of hydrogen-bond acceptors (Lipinski definition) is 6. The van der Waals surface area contributed by atoms with E-state index in [1.54, 1.807) is 54.2 Å². The molecule has 9 rings (SSSR count). The number of aromatic amines is 2. The van der Waals surface area contributed by atoms with Crippen LogP contribution in [0, 0.1) is 11.6 Å². The van der Waals surface area contributed by atoms with Crippen molar-refractivity contribution in [3.8, 4) is 44.5 Å². The van der Waals surface area contributed by atoms with Crippen LogP contribution in [0.4, 0.5) is 8.78 Å². The lowest BCUT2D eigenvalue weighted by Gasteiger charge is -2.32. The Morgan fingerprint density at radius 2 is 1.34 bits per heavy atom. The Bertz CT molecular complexity index is 2680. The first kappa shape index (κ1) is 38.0. The highest BCUT2D eigenvalue weighted by molar-refractivity contribution is 7.15. The predicted octanol–water partition coefficient (Wildman–Crippen LogP) is 11.7. The van der Waals surface area contributed by atoms with Gasteiger partial charge in [-0.05, 0) is 99.6 Å². The number of aromatic nitrogens is 5. The number of aryl methyl sites for hydroxylation is 1. The summed E-state index contributed by atoms with van der Waals surface area (Å²) in [5.74, 6) is -0.703. The normalized spacial score (nSPS) is 14.7. The van der Waals surface area contributed by atoms with E-state index in [-0.39, 0.29) is 11.6 Å². The molecule has 0 unspecified atom stereocenters. The highest BCUT2D eigenvalue weighted by Crippen LogP contribution is 2.39. The lowest BCUT2D eigenvalue weighted by Crippen LogP contribution is -2.41. The second-order valence-corrected chi connectivity index (χ2v) is 16.4. The van der Waals surface area contributed by atoms with Gasteiger partial charge in [-0.2, -0.15) is 0 Å². The summed E-state index contributed by atoms with van der Waals surface area (Å²) >= 11 is 14.1. The molecule has 1 aliphatic heterocycles. The average Bonchev–Trinajstić information content (AvgIpc) is 3.94. The summed E-state index contributed by atoms with van der Waals surface area (Å²) in [7, 11) is -0.431. The summed E-state index contributed by atoms with van der Waals surface area (Å²) in [6.07, 6.45) is 5.91. The van der Waals surface area contributed by atoms with Crippen LogP contribution in [-0.2, 0) is 15.7 Å². The first-order valence-corrected chi connectivity index (χ1v) is 19.7. The fourth-order valence-electron chi connectivity index (χ4n) is 6.67. The smallest absolute Gasteiger partial charge is 0.399 e. The van der Waals surface area contributed by atoms with E-state index >= 15 is 0 Å². The van der Waals surface area contributed by atoms with E-state index in [1.165, 1.54) is 17.0 Å². The highest BCUT2D eigenvalue weighted by atomic mass is 35.5. The van der Waals surface area contributed by atoms with Crippen molar-refractivity contribution in [1.82, 2.24) is 24.9 Å². The Kier molecular flexibility index (Phi) is 10.1. The number of nitrogens with one attached hydrogen (secondary N) is 2. The van der Waals surface area contributed by atoms with Crippen molar-refractivity contribution in [3.63, 3.8) is 0 Å². The SMILES string of the molecule is CC1(C)OB(c2ccc3[nH]c(-c4c(F)cccc4Cl)cc3c2)OC1(C)C.CCc1sc(-c2cnccn2)nc1-c1ccc2[nH]c(-c3c(F)cccc3Cl)cc2c1. The molecule has 0 radical (unpaired) electrons. The number of rotatable bonds is 6. The largest absolute Gasteiger partial charge is 0.494 e. The molecule has 7 nitrogen and oxygen atoms in total. The van der Waals surface area contributed by atoms with Crippen LogP contribution in [0.15, 0.2) is 104 Å². The van der Waals surface area contributed by atoms with Gasteiger partial charge in [-0.25, -0.2) is 13.8 Å². The lowest BCUT2D eigenvalue weighted by atomic mass is 9.78. The molecule has 0 atom stereocenters. The van der Waals surface area contributed by atoms with Crippen molar-refractivity contribution in [2.45, 2.75) is 52.2 Å². The van der Waals surface area contributed by atoms with Crippen LogP contribution in [0.3, 0.4) is 0 Å². The van der Waals surface area contributed by atoms with Crippen molar-refractivity contribution in [2.75, 3.05) is 0 Å². The van der Waals surface area contributed by atoms with Crippen LogP contribution >= 0.6 is 34.5 Å². The van der Waals surface area contributed by atoms with Crippen molar-refractivity contribution in [3.05, 3.63) is 130 Å². The van der Waals surface area contributed by atoms with Gasteiger partial charge in [0.25, 0.3) is 0 Å². The summed E-state index contributed by atoms with van der Waals surface area (Å²) in [6, 6.07) is 25.2. The van der Waals surface area contributed by atoms with Crippen LogP contribution in [-0.4, -0.2) is 43.2 Å². The maximum Gasteiger partial charge on any atom is 0.494 e. The third-order valence-electron chi connectivity index (χ3n) is 10.3. The van der Waals surface area contributed by atoms with E-state index in [2.05, 4.69) is 32.9 Å². The van der Waals surface area contributed by atoms with Crippen LogP contribution in [0.2, 0.25) is 10.0 Å². The molecule has 0 amide bonds. The molecular weight excluding hydrogens is 770 g/mol. The molecule has 4 aromatic heterocycles. The van der Waals surface area contributed by atoms with E-state index in [0.717, 1.165) is 55.6 Å². The Morgan fingerprint density at radius 3 is 1.89 bits per heavy atom. The molecular formula is C43H36BCl2F2N5O2S. The number of H-pyrrole nitrogens is 2. The quantitative estimate of drug-likeness (QED) is 0.163. The zero-order chi connectivity index (χ0) is 39.4. The Balaban J connectivity index is 0.000000159. The molecule has 0 bridgehead atoms. The van der Waals surface area contributed by atoms with Gasteiger partial charge in [0, 0.05) is 39.3 Å². The van der Waals surface area contributed by atoms with Crippen LogP contribution in [0.25, 0.3) is 66.3 Å². The van der Waals surface area contributed by atoms with Gasteiger partial charge in [-0.15, -0.1) is 11.3 Å². The molecule has 282 valence electrons. The van der Waals surface area contributed by atoms with Crippen molar-refractivity contribution in [2.24, 2.45) is 0 Å². The van der Waals surface area contributed by atoms with E-state index in [1.807, 2.05) is 70.2 Å². The van der Waals surface area contributed by atoms with Crippen LogP contribution in [0.5, 0.6) is 0 Å². The number of thiazole rings is 1. The lowest BCUT2D eigenvalue weighted by molar-refractivity contribution is 0.00578. The Labute approximate surface area is 337 Å². The summed E-state index contributed by atoms with van der Waals surface area (Å²) in [5, 5.41) is 3.53. The fraction of sp³-hybridized carbons (Fsp3) is 0.186. The minimum Gasteiger partial charge on any atom is -0.399 e. The van der Waals surface area contributed by atoms with E-state index in [4.69, 9.17) is 37.5 Å². The minimum absolute atomic E-state index is 0.351. The number of nitrogens with zero attached hydrogens (tertiary/aromatic N) is 3. The van der Waals surface area contributed by atoms with Gasteiger partial charge in [-0.3, -0.25) is 9.97 Å². The maximum absolute atomic E-state index is 14.3. The molecule has 4 aromatic carbocycles. The molecule has 5 heterocycles. The molecule has 56 heavy (non-hydrogen) atoms. The minimum atomic E-state index is -0.431. The summed E-state index contributed by atoms with van der Waals surface area (Å²) in [5.41, 5.74) is 6.74. The zero-order valence-electron chi connectivity index (χ0n) is 31.2. The maximum atomic E-state index is 14.3. The van der Waals surface area contributed by atoms with Gasteiger partial charge in [0.05, 0.1) is 55.7 Å². The molecule has 0 saturated carbocycles. The summed E-state index contributed by atoms with van der Waals surface area (Å²) in [6.45, 7) is 10.2. The van der Waals surface area contributed by atoms with Crippen LogP contribution in [0.1, 0.15) is 39.5 Å². The van der Waals surface area contributed by atoms with Gasteiger partial charge < -0.3 is 19.3 Å². The average molecular weight is 807 g/mol. The second kappa shape index (κ2) is 14.9. The Morgan fingerprint density at radius 1 is 0.750 bits per heavy atom. The topological polar surface area (TPSA) is 88.7 Å². The fourth-order valence-corrected chi connectivity index (χ4v) is 8.19. The van der Waals surface area contributed by atoms with Gasteiger partial charge in [0.1, 0.15) is 22.3 Å². The van der Waals surface area contributed by atoms with E-state index < -0.39 is 18.3 Å². The standard InChI is InChI=1S/C23H16ClFN4S.C20H20BClFNO2/c1-2-20-22(29-23(30-20)19-12-26-8-9-27-19)13-6-7-17-14(10-13)11-18(28-17)21-15(24)4-3-5-16(21)25;1-19(2)20(3,4)26-21(25-19)13-8-9-16-12(10-13)11-17(24-16)18-14(22)6-5-7-15(18)23/h3-12,28H,2H2,1H3;5-11,24H,1-4H3. The monoisotopic (exact) mass is 805 g/mol. The van der Waals surface area contributed by atoms with Crippen LogP contribution < -0.4 is 5.46 Å². The molecule has 1 saturated heterocycles. The third-order valence-corrected chi connectivity index (χ3v) is 12.2. The van der Waals surface area contributed by atoms with Crippen molar-refractivity contribution < 1.29 is 18.1 Å². The van der Waals surface area contributed by atoms with Gasteiger partial charge in [0.15, 0.2) is 0 Å². The van der Waals surface area contributed by atoms with E-state index in [9.17, 15) is 8.78 Å². The first-order chi connectivity index (χ1) is 26.8. The van der Waals surface area contributed by atoms with Crippen molar-refractivity contribution >= 4 is 68.9 Å². The molecule has 1 fully saturated rings. The number of hydrogen-bond donors (Lipinski definition) is 2. The molecule has 1 aliphatic rings. The van der Waals surface area contributed by atoms with Gasteiger partial charge >= 0.3 is 7.12 Å². The first-order valence-electron chi connectivity index (χ1n) is 18.1. The highest BCUT2D eigenvalue weighted by Gasteiger charge is 2.51. The molecule has 13 heteroatoms. The third kappa shape index (κ3) is 7.14. The molecule has 0 aliphatic carbocycles. The van der Waals surface area contributed by atoms with Gasteiger partial charge in [0.2, 0.25) is 0 Å². The summed E-state index contributed by atoms with van der Waals surface area (Å²) < 4.78 is 40.8. The second-order valence-electron chi connectivity index (χ2n) is 14.5. The van der Waals surface area contributed by atoms with Crippen molar-refractivity contribution in [1.29, 1.82) is 0 Å². The van der Waals surface area contributed by atoms with Gasteiger partial charge in [-0.1, -0.05) is 60.5 Å². The number of fused-ring (bicyclic) bond motifs is 2. The predicted molar refractivity (Wildman–Crippen MR) is 225 cm³/mol. The molecule has 8 aromatic rings. The van der Waals surface area contributed by atoms with E-state index in [0.29, 0.717) is 32.6 Å². The number of halogens is 4. The molecule has 0 spiro atoms. The number of benzene rings is 4. The Hall–Kier alpha value is -4.91. The zero-order valence-corrected chi connectivity index (χ0v) is 33.5. The molecule has 2 N–H and O–H groups in total.